The number of nitrogens with zero attached hydrogens (tertiary/aromatic N) is 5. The highest BCUT2D eigenvalue weighted by Gasteiger charge is 2.19. The van der Waals surface area contributed by atoms with E-state index in [9.17, 15) is 14.3 Å². The van der Waals surface area contributed by atoms with Crippen LogP contribution in [0.4, 0.5) is 10.1 Å². The summed E-state index contributed by atoms with van der Waals surface area (Å²) < 4.78 is 14.0. The summed E-state index contributed by atoms with van der Waals surface area (Å²) in [7, 11) is 0. The van der Waals surface area contributed by atoms with E-state index in [0.717, 1.165) is 37.6 Å². The molecule has 1 amide bonds. The Morgan fingerprint density at radius 3 is 2.69 bits per heavy atom. The van der Waals surface area contributed by atoms with Crippen molar-refractivity contribution in [2.24, 2.45) is 5.92 Å². The van der Waals surface area contributed by atoms with Gasteiger partial charge in [-0.15, -0.1) is 0 Å². The van der Waals surface area contributed by atoms with Crippen molar-refractivity contribution in [2.75, 3.05) is 18.4 Å². The Bertz CT molecular complexity index is 1920. The summed E-state index contributed by atoms with van der Waals surface area (Å²) in [4.78, 5) is 34.2. The van der Waals surface area contributed by atoms with Gasteiger partial charge in [0.2, 0.25) is 5.91 Å². The fourth-order valence-electron chi connectivity index (χ4n) is 5.40. The molecule has 1 saturated heterocycles. The molecule has 0 aliphatic carbocycles. The van der Waals surface area contributed by atoms with Crippen molar-refractivity contribution in [2.45, 2.75) is 19.3 Å². The van der Waals surface area contributed by atoms with Crippen LogP contribution in [0.2, 0.25) is 0 Å². The highest BCUT2D eigenvalue weighted by atomic mass is 19.1. The van der Waals surface area contributed by atoms with Crippen LogP contribution in [0.3, 0.4) is 0 Å². The van der Waals surface area contributed by atoms with Crippen LogP contribution in [0.15, 0.2) is 61.1 Å². The molecule has 42 heavy (non-hydrogen) atoms. The molecule has 11 nitrogen and oxygen atoms in total. The normalized spacial score (nSPS) is 14.0. The number of imidazole rings is 1. The maximum absolute atomic E-state index is 14.0. The Morgan fingerprint density at radius 2 is 1.83 bits per heavy atom. The maximum Gasteiger partial charge on any atom is 0.224 e. The predicted molar refractivity (Wildman–Crippen MR) is 156 cm³/mol. The molecule has 0 atom stereocenters. The molecule has 5 N–H and O–H groups in total. The van der Waals surface area contributed by atoms with Crippen LogP contribution in [0.1, 0.15) is 19.3 Å². The lowest BCUT2D eigenvalue weighted by Gasteiger charge is -2.21. The monoisotopic (exact) mass is 563 g/mol. The second-order valence-electron chi connectivity index (χ2n) is 10.4. The molecule has 0 saturated carbocycles. The van der Waals surface area contributed by atoms with E-state index in [0.29, 0.717) is 68.6 Å². The van der Waals surface area contributed by atoms with Crippen molar-refractivity contribution in [3.63, 3.8) is 0 Å². The second kappa shape index (κ2) is 10.6. The SMILES string of the molecule is O=C(CC1CCNCC1)Nc1cncc(-c2ccc3[nH]nc(-c4nc5c(-c6cc(O)cc(F)c6)nccc5[nH]4)c3n2)c1. The lowest BCUT2D eigenvalue weighted by atomic mass is 9.94. The van der Waals surface area contributed by atoms with E-state index in [1.165, 1.54) is 12.1 Å². The number of phenols is 1. The van der Waals surface area contributed by atoms with E-state index in [4.69, 9.17) is 9.97 Å². The standard InChI is InChI=1S/C30H26FN9O2/c31-19-10-17(12-21(41)13-19)26-27-23(5-8-34-26)37-30(38-27)29-28-24(39-40-29)2-1-22(36-28)18-11-20(15-33-14-18)35-25(42)9-16-3-6-32-7-4-16/h1-2,5,8,10-16,32,41H,3-4,6-7,9H2,(H,35,42)(H,37,38)(H,39,40). The van der Waals surface area contributed by atoms with Crippen LogP contribution in [0.5, 0.6) is 5.75 Å². The van der Waals surface area contributed by atoms with E-state index in [-0.39, 0.29) is 11.7 Å². The number of benzene rings is 1. The van der Waals surface area contributed by atoms with E-state index in [2.05, 4.69) is 35.8 Å². The average Bonchev–Trinajstić information content (AvgIpc) is 3.61. The second-order valence-corrected chi connectivity index (χ2v) is 10.4. The summed E-state index contributed by atoms with van der Waals surface area (Å²) in [6, 6.07) is 11.1. The van der Waals surface area contributed by atoms with E-state index >= 15 is 0 Å². The maximum atomic E-state index is 14.0. The number of aromatic nitrogens is 7. The smallest absolute Gasteiger partial charge is 0.224 e. The molecule has 0 bridgehead atoms. The van der Waals surface area contributed by atoms with Gasteiger partial charge in [0.1, 0.15) is 22.6 Å². The molecule has 12 heteroatoms. The van der Waals surface area contributed by atoms with Crippen molar-refractivity contribution < 1.29 is 14.3 Å². The highest BCUT2D eigenvalue weighted by Crippen LogP contribution is 2.32. The van der Waals surface area contributed by atoms with Crippen LogP contribution < -0.4 is 10.6 Å². The molecule has 7 rings (SSSR count). The van der Waals surface area contributed by atoms with Crippen molar-refractivity contribution in [3.05, 3.63) is 66.9 Å². The van der Waals surface area contributed by atoms with E-state index in [1.807, 2.05) is 18.2 Å². The minimum Gasteiger partial charge on any atom is -0.508 e. The number of aromatic hydroxyl groups is 1. The summed E-state index contributed by atoms with van der Waals surface area (Å²) >= 11 is 0. The van der Waals surface area contributed by atoms with E-state index < -0.39 is 5.82 Å². The van der Waals surface area contributed by atoms with Crippen molar-refractivity contribution in [1.82, 2.24) is 40.4 Å². The van der Waals surface area contributed by atoms with E-state index in [1.54, 1.807) is 24.7 Å². The fraction of sp³-hybridized carbons (Fsp3) is 0.200. The van der Waals surface area contributed by atoms with Gasteiger partial charge in [0, 0.05) is 36.0 Å². The molecular formula is C30H26FN9O2. The number of fused-ring (bicyclic) bond motifs is 2. The van der Waals surface area contributed by atoms with Crippen molar-refractivity contribution >= 4 is 33.7 Å². The molecule has 1 fully saturated rings. The Hall–Kier alpha value is -5.23. The van der Waals surface area contributed by atoms with Crippen LogP contribution in [-0.2, 0) is 4.79 Å². The van der Waals surface area contributed by atoms with Gasteiger partial charge in [0.05, 0.1) is 34.3 Å². The number of piperidine rings is 1. The average molecular weight is 564 g/mol. The molecule has 0 unspecified atom stereocenters. The highest BCUT2D eigenvalue weighted by molar-refractivity contribution is 5.95. The number of hydrogen-bond acceptors (Lipinski definition) is 8. The minimum atomic E-state index is -0.575. The Morgan fingerprint density at radius 1 is 0.976 bits per heavy atom. The molecule has 5 aromatic heterocycles. The zero-order valence-electron chi connectivity index (χ0n) is 22.4. The molecular weight excluding hydrogens is 537 g/mol. The van der Waals surface area contributed by atoms with Crippen LogP contribution in [0.25, 0.3) is 56.1 Å². The number of anilines is 1. The lowest BCUT2D eigenvalue weighted by molar-refractivity contribution is -0.117. The molecule has 1 aromatic carbocycles. The first-order valence-corrected chi connectivity index (χ1v) is 13.7. The molecule has 0 radical (unpaired) electrons. The topological polar surface area (TPSA) is 157 Å². The number of H-pyrrole nitrogens is 2. The summed E-state index contributed by atoms with van der Waals surface area (Å²) in [6.45, 7) is 1.89. The molecule has 0 spiro atoms. The third kappa shape index (κ3) is 5.03. The first kappa shape index (κ1) is 25.7. The quantitative estimate of drug-likeness (QED) is 0.193. The number of carbonyl (C=O) groups excluding carboxylic acids is 1. The van der Waals surface area contributed by atoms with Gasteiger partial charge in [-0.2, -0.15) is 5.10 Å². The summed E-state index contributed by atoms with van der Waals surface area (Å²) in [5.74, 6) is 0.0440. The third-order valence-electron chi connectivity index (χ3n) is 7.44. The minimum absolute atomic E-state index is 0.0198. The van der Waals surface area contributed by atoms with Gasteiger partial charge in [-0.1, -0.05) is 0 Å². The number of pyridine rings is 3. The summed E-state index contributed by atoms with van der Waals surface area (Å²) in [5.41, 5.74) is 5.79. The Kier molecular flexibility index (Phi) is 6.51. The molecule has 1 aliphatic rings. The van der Waals surface area contributed by atoms with Gasteiger partial charge in [0.25, 0.3) is 0 Å². The predicted octanol–water partition coefficient (Wildman–Crippen LogP) is 4.80. The van der Waals surface area contributed by atoms with Crippen LogP contribution >= 0.6 is 0 Å². The molecule has 6 aromatic rings. The Balaban J connectivity index is 1.20. The Labute approximate surface area is 238 Å². The van der Waals surface area contributed by atoms with Gasteiger partial charge in [-0.25, -0.2) is 14.4 Å². The van der Waals surface area contributed by atoms with Gasteiger partial charge < -0.3 is 20.7 Å². The largest absolute Gasteiger partial charge is 0.508 e. The molecule has 210 valence electrons. The number of rotatable bonds is 6. The zero-order valence-corrected chi connectivity index (χ0v) is 22.4. The summed E-state index contributed by atoms with van der Waals surface area (Å²) in [5, 5.41) is 23.7. The molecule has 1 aliphatic heterocycles. The van der Waals surface area contributed by atoms with Gasteiger partial charge >= 0.3 is 0 Å². The zero-order chi connectivity index (χ0) is 28.6. The first-order chi connectivity index (χ1) is 20.5. The lowest BCUT2D eigenvalue weighted by Crippen LogP contribution is -2.30. The van der Waals surface area contributed by atoms with Crippen LogP contribution in [0, 0.1) is 11.7 Å². The summed E-state index contributed by atoms with van der Waals surface area (Å²) in [6.07, 6.45) is 7.41. The number of aromatic amines is 2. The number of amides is 1. The van der Waals surface area contributed by atoms with Gasteiger partial charge in [-0.3, -0.25) is 19.9 Å². The first-order valence-electron chi connectivity index (χ1n) is 13.7. The van der Waals surface area contributed by atoms with Crippen LogP contribution in [-0.4, -0.2) is 59.2 Å². The van der Waals surface area contributed by atoms with Crippen molar-refractivity contribution in [1.29, 1.82) is 0 Å². The number of carbonyl (C=O) groups is 1. The van der Waals surface area contributed by atoms with Crippen molar-refractivity contribution in [3.8, 4) is 39.8 Å². The third-order valence-corrected chi connectivity index (χ3v) is 7.44. The number of nitrogens with one attached hydrogen (secondary N) is 4. The van der Waals surface area contributed by atoms with Gasteiger partial charge in [0.15, 0.2) is 11.5 Å². The number of phenolic OH excluding ortho intramolecular Hbond substituents is 1. The van der Waals surface area contributed by atoms with Gasteiger partial charge in [-0.05, 0) is 68.2 Å². The fourth-order valence-corrected chi connectivity index (χ4v) is 5.40. The number of halogens is 1. The molecule has 6 heterocycles. The number of hydrogen-bond donors (Lipinski definition) is 5.